The van der Waals surface area contributed by atoms with Crippen LogP contribution in [0.25, 0.3) is 0 Å². The van der Waals surface area contributed by atoms with Crippen LogP contribution in [-0.4, -0.2) is 0 Å². The van der Waals surface area contributed by atoms with E-state index in [2.05, 4.69) is 6.58 Å². The Bertz CT molecular complexity index is 166. The van der Waals surface area contributed by atoms with Gasteiger partial charge in [-0.05, 0) is 19.8 Å². The lowest BCUT2D eigenvalue weighted by atomic mass is 10.1. The molecule has 0 unspecified atom stereocenters. The largest absolute Gasteiger partial charge is 0.301 e. The minimum absolute atomic E-state index is 0.185. The smallest absolute Gasteiger partial charge is 0.206 e. The zero-order valence-electron chi connectivity index (χ0n) is 6.46. The molecule has 0 atom stereocenters. The average molecular weight is 164 g/mol. The molecule has 11 heavy (non-hydrogen) atoms. The van der Waals surface area contributed by atoms with Crippen LogP contribution in [0.1, 0.15) is 26.2 Å². The van der Waals surface area contributed by atoms with Gasteiger partial charge in [-0.15, -0.1) is 6.58 Å². The first-order valence-electron chi connectivity index (χ1n) is 3.38. The predicted molar refractivity (Wildman–Crippen MR) is 39.0 cm³/mol. The summed E-state index contributed by atoms with van der Waals surface area (Å²) in [4.78, 5) is 0. The Morgan fingerprint density at radius 1 is 1.18 bits per heavy atom. The van der Waals surface area contributed by atoms with Crippen molar-refractivity contribution in [2.45, 2.75) is 26.2 Å². The van der Waals surface area contributed by atoms with Crippen LogP contribution in [0, 0.1) is 0 Å². The maximum Gasteiger partial charge on any atom is 0.301 e. The van der Waals surface area contributed by atoms with E-state index in [0.29, 0.717) is 12.8 Å². The summed E-state index contributed by atoms with van der Waals surface area (Å²) >= 11 is 0. The number of rotatable bonds is 4. The van der Waals surface area contributed by atoms with Crippen LogP contribution in [0.3, 0.4) is 0 Å². The molecule has 0 aromatic carbocycles. The molecule has 0 N–H and O–H groups in total. The molecule has 0 radical (unpaired) electrons. The average Bonchev–Trinajstić information content (AvgIpc) is 1.86. The lowest BCUT2D eigenvalue weighted by molar-refractivity contribution is 0.368. The molecule has 0 nitrogen and oxygen atoms in total. The van der Waals surface area contributed by atoms with Crippen molar-refractivity contribution in [1.82, 2.24) is 0 Å². The van der Waals surface area contributed by atoms with Crippen molar-refractivity contribution in [2.24, 2.45) is 0 Å². The minimum Gasteiger partial charge on any atom is -0.206 e. The maximum atomic E-state index is 12.1. The van der Waals surface area contributed by atoms with Gasteiger partial charge in [-0.1, -0.05) is 5.57 Å². The topological polar surface area (TPSA) is 0 Å². The molecule has 0 rings (SSSR count). The van der Waals surface area contributed by atoms with Gasteiger partial charge in [-0.2, -0.15) is 8.78 Å². The normalized spacial score (nSPS) is 9.45. The Labute approximate surface area is 64.4 Å². The predicted octanol–water partition coefficient (Wildman–Crippen LogP) is 3.81. The summed E-state index contributed by atoms with van der Waals surface area (Å²) in [6.07, 6.45) is -1.39. The highest BCUT2D eigenvalue weighted by molar-refractivity contribution is 4.94. The van der Waals surface area contributed by atoms with Crippen LogP contribution in [0.5, 0.6) is 0 Å². The van der Waals surface area contributed by atoms with Gasteiger partial charge in [0.15, 0.2) is 5.83 Å². The van der Waals surface area contributed by atoms with E-state index in [1.807, 2.05) is 0 Å². The van der Waals surface area contributed by atoms with Crippen molar-refractivity contribution in [1.29, 1.82) is 0 Å². The Hall–Kier alpha value is -0.730. The van der Waals surface area contributed by atoms with Gasteiger partial charge >= 0.3 is 6.08 Å². The lowest BCUT2D eigenvalue weighted by Gasteiger charge is -1.96. The first-order valence-corrected chi connectivity index (χ1v) is 3.38. The van der Waals surface area contributed by atoms with Crippen molar-refractivity contribution < 1.29 is 13.2 Å². The third-order valence-corrected chi connectivity index (χ3v) is 1.20. The zero-order valence-corrected chi connectivity index (χ0v) is 6.46. The van der Waals surface area contributed by atoms with Crippen molar-refractivity contribution in [2.75, 3.05) is 0 Å². The van der Waals surface area contributed by atoms with Crippen LogP contribution in [0.4, 0.5) is 13.2 Å². The van der Waals surface area contributed by atoms with Gasteiger partial charge < -0.3 is 0 Å². The number of allylic oxidation sites excluding steroid dienone is 2. The lowest BCUT2D eigenvalue weighted by Crippen LogP contribution is -1.80. The fourth-order valence-electron chi connectivity index (χ4n) is 0.640. The highest BCUT2D eigenvalue weighted by Gasteiger charge is 2.03. The van der Waals surface area contributed by atoms with E-state index in [9.17, 15) is 13.2 Å². The van der Waals surface area contributed by atoms with E-state index in [1.54, 1.807) is 6.92 Å². The van der Waals surface area contributed by atoms with Gasteiger partial charge in [-0.3, -0.25) is 0 Å². The standard InChI is InChI=1S/C8H11F3/c1-6(2)4-3-5-7(9)8(10)11/h1,3-5H2,2H3. The molecule has 64 valence electrons. The van der Waals surface area contributed by atoms with Gasteiger partial charge in [0.1, 0.15) is 0 Å². The van der Waals surface area contributed by atoms with Crippen LogP contribution >= 0.6 is 0 Å². The Morgan fingerprint density at radius 2 is 1.73 bits per heavy atom. The van der Waals surface area contributed by atoms with E-state index in [1.165, 1.54) is 0 Å². The van der Waals surface area contributed by atoms with Crippen molar-refractivity contribution in [3.63, 3.8) is 0 Å². The highest BCUT2D eigenvalue weighted by atomic mass is 19.3. The number of hydrogen-bond acceptors (Lipinski definition) is 0. The molecule has 0 heterocycles. The van der Waals surface area contributed by atoms with Crippen molar-refractivity contribution in [3.05, 3.63) is 24.1 Å². The molecular weight excluding hydrogens is 153 g/mol. The van der Waals surface area contributed by atoms with E-state index in [-0.39, 0.29) is 6.42 Å². The number of hydrogen-bond donors (Lipinski definition) is 0. The quantitative estimate of drug-likeness (QED) is 0.554. The molecule has 0 aliphatic rings. The molecule has 0 aliphatic heterocycles. The summed E-state index contributed by atoms with van der Waals surface area (Å²) in [7, 11) is 0. The molecule has 0 saturated heterocycles. The van der Waals surface area contributed by atoms with Crippen LogP contribution in [0.2, 0.25) is 0 Å². The Kier molecular flexibility index (Phi) is 4.66. The molecular formula is C8H11F3. The Morgan fingerprint density at radius 3 is 2.09 bits per heavy atom. The van der Waals surface area contributed by atoms with Gasteiger partial charge in [0.25, 0.3) is 0 Å². The van der Waals surface area contributed by atoms with Crippen molar-refractivity contribution in [3.8, 4) is 0 Å². The molecule has 0 saturated carbocycles. The fraction of sp³-hybridized carbons (Fsp3) is 0.500. The van der Waals surface area contributed by atoms with Gasteiger partial charge in [0.05, 0.1) is 0 Å². The van der Waals surface area contributed by atoms with E-state index >= 15 is 0 Å². The second-order valence-electron chi connectivity index (χ2n) is 2.48. The molecule has 0 bridgehead atoms. The first-order chi connectivity index (χ1) is 5.04. The molecule has 0 amide bonds. The van der Waals surface area contributed by atoms with Crippen LogP contribution < -0.4 is 0 Å². The minimum atomic E-state index is -2.20. The van der Waals surface area contributed by atoms with E-state index in [0.717, 1.165) is 5.57 Å². The second-order valence-corrected chi connectivity index (χ2v) is 2.48. The van der Waals surface area contributed by atoms with Gasteiger partial charge in [-0.25, -0.2) is 4.39 Å². The third-order valence-electron chi connectivity index (χ3n) is 1.20. The SMILES string of the molecule is C=C(C)CCCC(F)=C(F)F. The van der Waals surface area contributed by atoms with Crippen LogP contribution in [0.15, 0.2) is 24.1 Å². The monoisotopic (exact) mass is 164 g/mol. The summed E-state index contributed by atoms with van der Waals surface area (Å²) in [5.74, 6) is -1.30. The van der Waals surface area contributed by atoms with Crippen molar-refractivity contribution >= 4 is 0 Å². The summed E-state index contributed by atoms with van der Waals surface area (Å²) < 4.78 is 34.9. The molecule has 0 aromatic rings. The molecule has 0 aliphatic carbocycles. The van der Waals surface area contributed by atoms with Crippen LogP contribution in [-0.2, 0) is 0 Å². The number of halogens is 3. The van der Waals surface area contributed by atoms with Gasteiger partial charge in [0, 0.05) is 6.42 Å². The third kappa shape index (κ3) is 5.70. The van der Waals surface area contributed by atoms with E-state index in [4.69, 9.17) is 0 Å². The summed E-state index contributed by atoms with van der Waals surface area (Å²) in [6.45, 7) is 5.36. The molecule has 0 spiro atoms. The fourth-order valence-corrected chi connectivity index (χ4v) is 0.640. The Balaban J connectivity index is 3.56. The van der Waals surface area contributed by atoms with E-state index < -0.39 is 11.9 Å². The second kappa shape index (κ2) is 4.99. The molecule has 3 heteroatoms. The molecule has 0 fully saturated rings. The highest BCUT2D eigenvalue weighted by Crippen LogP contribution is 2.17. The first kappa shape index (κ1) is 10.3. The molecule has 0 aromatic heterocycles. The maximum absolute atomic E-state index is 12.1. The zero-order chi connectivity index (χ0) is 8.85. The summed E-state index contributed by atoms with van der Waals surface area (Å²) in [5.41, 5.74) is 0.886. The van der Waals surface area contributed by atoms with Gasteiger partial charge in [0.2, 0.25) is 0 Å². The summed E-state index contributed by atoms with van der Waals surface area (Å²) in [5, 5.41) is 0. The summed E-state index contributed by atoms with van der Waals surface area (Å²) in [6, 6.07) is 0.